The van der Waals surface area contributed by atoms with Gasteiger partial charge >= 0.3 is 0 Å². The van der Waals surface area contributed by atoms with Gasteiger partial charge < -0.3 is 0 Å². The maximum Gasteiger partial charge on any atom is 0.0543 e. The summed E-state index contributed by atoms with van der Waals surface area (Å²) in [5, 5.41) is 0.865. The lowest BCUT2D eigenvalue weighted by molar-refractivity contribution is 1.40. The van der Waals surface area contributed by atoms with Crippen molar-refractivity contribution in [2.24, 2.45) is 0 Å². The zero-order valence-electron chi connectivity index (χ0n) is 6.08. The van der Waals surface area contributed by atoms with Gasteiger partial charge in [-0.05, 0) is 34.7 Å². The molecule has 0 bridgehead atoms. The van der Waals surface area contributed by atoms with Crippen LogP contribution in [-0.4, -0.2) is 11.6 Å². The van der Waals surface area contributed by atoms with Gasteiger partial charge in [0, 0.05) is 5.33 Å². The van der Waals surface area contributed by atoms with E-state index >= 15 is 0 Å². The van der Waals surface area contributed by atoms with Gasteiger partial charge in [-0.25, -0.2) is 0 Å². The van der Waals surface area contributed by atoms with Crippen LogP contribution in [0, 0.1) is 0 Å². The first kappa shape index (κ1) is 10.8. The third kappa shape index (κ3) is 3.26. The summed E-state index contributed by atoms with van der Waals surface area (Å²) in [6, 6.07) is 0. The summed E-state index contributed by atoms with van der Waals surface area (Å²) < 4.78 is 1.16. The lowest BCUT2D eigenvalue weighted by Gasteiger charge is -2.04. The Morgan fingerprint density at radius 2 is 2.10 bits per heavy atom. The van der Waals surface area contributed by atoms with Crippen molar-refractivity contribution in [1.82, 2.24) is 0 Å². The van der Waals surface area contributed by atoms with Crippen LogP contribution >= 0.6 is 43.6 Å². The van der Waals surface area contributed by atoms with Crippen LogP contribution in [0.2, 0.25) is 0 Å². The molecule has 0 spiro atoms. The SMILES string of the molecule is C=C(C)/C(CBr)=C(/Br)SC. The second-order valence-electron chi connectivity index (χ2n) is 1.87. The zero-order chi connectivity index (χ0) is 8.15. The van der Waals surface area contributed by atoms with Crippen molar-refractivity contribution in [1.29, 1.82) is 0 Å². The average molecular weight is 286 g/mol. The highest BCUT2D eigenvalue weighted by molar-refractivity contribution is 9.14. The minimum Gasteiger partial charge on any atom is -0.122 e. The molecule has 0 heterocycles. The number of rotatable bonds is 3. The molecular weight excluding hydrogens is 276 g/mol. The lowest BCUT2D eigenvalue weighted by Crippen LogP contribution is -1.86. The van der Waals surface area contributed by atoms with Gasteiger partial charge in [0.1, 0.15) is 0 Å². The Balaban J connectivity index is 4.45. The van der Waals surface area contributed by atoms with Gasteiger partial charge in [-0.2, -0.15) is 0 Å². The first-order valence-electron chi connectivity index (χ1n) is 2.78. The van der Waals surface area contributed by atoms with E-state index in [1.165, 1.54) is 5.57 Å². The summed E-state index contributed by atoms with van der Waals surface area (Å²) in [7, 11) is 0. The predicted molar refractivity (Wildman–Crippen MR) is 58.1 cm³/mol. The molecule has 0 radical (unpaired) electrons. The quantitative estimate of drug-likeness (QED) is 0.559. The van der Waals surface area contributed by atoms with E-state index in [-0.39, 0.29) is 0 Å². The number of allylic oxidation sites excluding steroid dienone is 2. The molecule has 0 rings (SSSR count). The Labute approximate surface area is 83.4 Å². The number of halogens is 2. The molecule has 0 aliphatic rings. The molecule has 0 unspecified atom stereocenters. The molecule has 0 atom stereocenters. The highest BCUT2D eigenvalue weighted by atomic mass is 79.9. The molecular formula is C7H10Br2S. The van der Waals surface area contributed by atoms with Crippen molar-refractivity contribution in [2.45, 2.75) is 6.92 Å². The van der Waals surface area contributed by atoms with E-state index in [1.54, 1.807) is 11.8 Å². The molecule has 0 N–H and O–H groups in total. The molecule has 0 aliphatic carbocycles. The highest BCUT2D eigenvalue weighted by Crippen LogP contribution is 2.28. The van der Waals surface area contributed by atoms with E-state index < -0.39 is 0 Å². The van der Waals surface area contributed by atoms with Crippen molar-refractivity contribution in [3.63, 3.8) is 0 Å². The average Bonchev–Trinajstić information content (AvgIpc) is 1.88. The topological polar surface area (TPSA) is 0 Å². The van der Waals surface area contributed by atoms with Gasteiger partial charge in [-0.3, -0.25) is 0 Å². The molecule has 10 heavy (non-hydrogen) atoms. The predicted octanol–water partition coefficient (Wildman–Crippen LogP) is 3.93. The molecule has 0 aromatic heterocycles. The zero-order valence-corrected chi connectivity index (χ0v) is 10.1. The van der Waals surface area contributed by atoms with E-state index in [0.717, 1.165) is 14.7 Å². The summed E-state index contributed by atoms with van der Waals surface area (Å²) in [5.74, 6) is 0. The van der Waals surface area contributed by atoms with Crippen LogP contribution in [0.5, 0.6) is 0 Å². The minimum atomic E-state index is 0.865. The first-order chi connectivity index (χ1) is 4.63. The first-order valence-corrected chi connectivity index (χ1v) is 5.91. The van der Waals surface area contributed by atoms with Gasteiger partial charge in [-0.1, -0.05) is 28.1 Å². The molecule has 0 aromatic carbocycles. The van der Waals surface area contributed by atoms with E-state index in [4.69, 9.17) is 0 Å². The third-order valence-corrected chi connectivity index (χ3v) is 3.68. The standard InChI is InChI=1S/C7H10Br2S/c1-5(2)6(4-8)7(9)10-3/h1,4H2,2-3H3/b7-6-. The van der Waals surface area contributed by atoms with Crippen molar-refractivity contribution < 1.29 is 0 Å². The molecule has 0 saturated carbocycles. The van der Waals surface area contributed by atoms with Gasteiger partial charge in [0.25, 0.3) is 0 Å². The van der Waals surface area contributed by atoms with Crippen LogP contribution in [0.25, 0.3) is 0 Å². The van der Waals surface area contributed by atoms with Crippen LogP contribution in [0.4, 0.5) is 0 Å². The van der Waals surface area contributed by atoms with Gasteiger partial charge in [0.2, 0.25) is 0 Å². The second kappa shape index (κ2) is 5.44. The summed E-state index contributed by atoms with van der Waals surface area (Å²) >= 11 is 8.54. The number of thioether (sulfide) groups is 1. The van der Waals surface area contributed by atoms with E-state index in [9.17, 15) is 0 Å². The van der Waals surface area contributed by atoms with Crippen molar-refractivity contribution >= 4 is 43.6 Å². The Bertz CT molecular complexity index is 161. The van der Waals surface area contributed by atoms with Gasteiger partial charge in [-0.15, -0.1) is 11.8 Å². The van der Waals surface area contributed by atoms with Crippen LogP contribution in [0.1, 0.15) is 6.92 Å². The van der Waals surface area contributed by atoms with E-state index in [0.29, 0.717) is 0 Å². The van der Waals surface area contributed by atoms with E-state index in [1.807, 2.05) is 13.2 Å². The van der Waals surface area contributed by atoms with Gasteiger partial charge in [0.15, 0.2) is 0 Å². The Hall–Kier alpha value is 0.790. The normalized spacial score (nSPS) is 12.8. The molecule has 0 aliphatic heterocycles. The lowest BCUT2D eigenvalue weighted by atomic mass is 10.2. The molecule has 0 amide bonds. The third-order valence-electron chi connectivity index (χ3n) is 1.07. The fourth-order valence-electron chi connectivity index (χ4n) is 0.458. The fraction of sp³-hybridized carbons (Fsp3) is 0.429. The van der Waals surface area contributed by atoms with Crippen molar-refractivity contribution in [2.75, 3.05) is 11.6 Å². The highest BCUT2D eigenvalue weighted by Gasteiger charge is 2.01. The molecule has 3 heteroatoms. The molecule has 0 fully saturated rings. The van der Waals surface area contributed by atoms with E-state index in [2.05, 4.69) is 38.4 Å². The smallest absolute Gasteiger partial charge is 0.0543 e. The van der Waals surface area contributed by atoms with Crippen LogP contribution in [0.3, 0.4) is 0 Å². The number of hydrogen-bond acceptors (Lipinski definition) is 1. The maximum atomic E-state index is 3.86. The molecule has 0 saturated heterocycles. The summed E-state index contributed by atoms with van der Waals surface area (Å²) in [5.41, 5.74) is 2.35. The van der Waals surface area contributed by atoms with Crippen LogP contribution < -0.4 is 0 Å². The Morgan fingerprint density at radius 1 is 1.60 bits per heavy atom. The monoisotopic (exact) mass is 284 g/mol. The molecule has 0 aromatic rings. The molecule has 58 valence electrons. The van der Waals surface area contributed by atoms with Crippen LogP contribution in [-0.2, 0) is 0 Å². The largest absolute Gasteiger partial charge is 0.122 e. The van der Waals surface area contributed by atoms with Crippen molar-refractivity contribution in [3.05, 3.63) is 21.5 Å². The molecule has 0 nitrogen and oxygen atoms in total. The number of alkyl halides is 1. The van der Waals surface area contributed by atoms with Crippen molar-refractivity contribution in [3.8, 4) is 0 Å². The summed E-state index contributed by atoms with van der Waals surface area (Å²) in [6.45, 7) is 5.87. The van der Waals surface area contributed by atoms with Gasteiger partial charge in [0.05, 0.1) is 3.81 Å². The Morgan fingerprint density at radius 3 is 2.20 bits per heavy atom. The minimum absolute atomic E-state index is 0.865. The summed E-state index contributed by atoms with van der Waals surface area (Å²) in [4.78, 5) is 0. The maximum absolute atomic E-state index is 3.86. The second-order valence-corrected chi connectivity index (χ2v) is 4.57. The fourth-order valence-corrected chi connectivity index (χ4v) is 2.75. The van der Waals surface area contributed by atoms with Crippen LogP contribution in [0.15, 0.2) is 21.5 Å². The summed E-state index contributed by atoms with van der Waals surface area (Å²) in [6.07, 6.45) is 2.04. The Kier molecular flexibility index (Phi) is 5.87. The number of hydrogen-bond donors (Lipinski definition) is 0.